The highest BCUT2D eigenvalue weighted by Crippen LogP contribution is 2.37. The molecule has 1 heterocycles. The van der Waals surface area contributed by atoms with Gasteiger partial charge in [0.2, 0.25) is 0 Å². The molecule has 4 nitrogen and oxygen atoms in total. The van der Waals surface area contributed by atoms with Gasteiger partial charge < -0.3 is 20.1 Å². The Balaban J connectivity index is 1.73. The van der Waals surface area contributed by atoms with E-state index in [2.05, 4.69) is 17.3 Å². The molecule has 1 aliphatic carbocycles. The van der Waals surface area contributed by atoms with Gasteiger partial charge in [-0.1, -0.05) is 6.42 Å². The van der Waals surface area contributed by atoms with Crippen LogP contribution in [0.4, 0.5) is 0 Å². The predicted molar refractivity (Wildman–Crippen MR) is 81.9 cm³/mol. The molecule has 4 heteroatoms. The Morgan fingerprint density at radius 1 is 1.30 bits per heavy atom. The normalized spacial score (nSPS) is 34.8. The van der Waals surface area contributed by atoms with E-state index in [0.717, 1.165) is 26.1 Å². The van der Waals surface area contributed by atoms with Crippen molar-refractivity contribution in [1.82, 2.24) is 10.2 Å². The number of hydrogen-bond acceptors (Lipinski definition) is 4. The molecule has 0 bridgehead atoms. The molecule has 3 atom stereocenters. The lowest BCUT2D eigenvalue weighted by atomic mass is 9.85. The van der Waals surface area contributed by atoms with Crippen LogP contribution in [-0.2, 0) is 4.74 Å². The van der Waals surface area contributed by atoms with Gasteiger partial charge in [0.1, 0.15) is 0 Å². The molecule has 20 heavy (non-hydrogen) atoms. The van der Waals surface area contributed by atoms with Gasteiger partial charge in [-0.05, 0) is 65.1 Å². The van der Waals surface area contributed by atoms with Crippen LogP contribution < -0.4 is 5.32 Å². The fourth-order valence-corrected chi connectivity index (χ4v) is 3.95. The average molecular weight is 284 g/mol. The van der Waals surface area contributed by atoms with Crippen LogP contribution in [0, 0.1) is 5.92 Å². The number of ether oxygens (including phenoxy) is 1. The molecule has 0 radical (unpaired) electrons. The van der Waals surface area contributed by atoms with Crippen LogP contribution in [0.3, 0.4) is 0 Å². The van der Waals surface area contributed by atoms with Crippen molar-refractivity contribution in [3.8, 4) is 0 Å². The maximum atomic E-state index is 9.72. The van der Waals surface area contributed by atoms with E-state index in [1.807, 2.05) is 7.05 Å². The molecule has 0 amide bonds. The number of likely N-dealkylation sites (N-methyl/N-ethyl adjacent to an activating group) is 2. The van der Waals surface area contributed by atoms with Gasteiger partial charge in [-0.2, -0.15) is 0 Å². The quantitative estimate of drug-likeness (QED) is 0.746. The standard InChI is InChI=1S/C16H32N2O2/c1-17-16(13-19)9-5-6-14(16)8-10-18(2)12-15-7-3-4-11-20-15/h14-15,17,19H,3-13H2,1-2H3. The summed E-state index contributed by atoms with van der Waals surface area (Å²) in [5, 5.41) is 13.1. The number of aliphatic hydroxyl groups is 1. The van der Waals surface area contributed by atoms with E-state index in [0.29, 0.717) is 12.0 Å². The van der Waals surface area contributed by atoms with Crippen molar-refractivity contribution < 1.29 is 9.84 Å². The lowest BCUT2D eigenvalue weighted by Crippen LogP contribution is -2.50. The SMILES string of the molecule is CNC1(CO)CCCC1CCN(C)CC1CCCCO1. The van der Waals surface area contributed by atoms with E-state index in [9.17, 15) is 5.11 Å². The molecule has 2 N–H and O–H groups in total. The largest absolute Gasteiger partial charge is 0.394 e. The van der Waals surface area contributed by atoms with Crippen LogP contribution in [0.1, 0.15) is 44.9 Å². The summed E-state index contributed by atoms with van der Waals surface area (Å²) in [6, 6.07) is 0. The van der Waals surface area contributed by atoms with Crippen molar-refractivity contribution in [3.05, 3.63) is 0 Å². The molecule has 3 unspecified atom stereocenters. The summed E-state index contributed by atoms with van der Waals surface area (Å²) in [6.45, 7) is 3.37. The first-order chi connectivity index (χ1) is 9.70. The molecule has 0 aromatic rings. The van der Waals surface area contributed by atoms with E-state index in [1.54, 1.807) is 0 Å². The zero-order valence-electron chi connectivity index (χ0n) is 13.2. The van der Waals surface area contributed by atoms with E-state index in [1.165, 1.54) is 38.5 Å². The second-order valence-electron chi connectivity index (χ2n) is 6.69. The molecule has 2 rings (SSSR count). The second-order valence-corrected chi connectivity index (χ2v) is 6.69. The van der Waals surface area contributed by atoms with Crippen LogP contribution in [0.2, 0.25) is 0 Å². The van der Waals surface area contributed by atoms with Gasteiger partial charge in [0.15, 0.2) is 0 Å². The van der Waals surface area contributed by atoms with Crippen LogP contribution in [0.15, 0.2) is 0 Å². The molecular weight excluding hydrogens is 252 g/mol. The molecule has 0 spiro atoms. The topological polar surface area (TPSA) is 44.7 Å². The van der Waals surface area contributed by atoms with Crippen LogP contribution in [-0.4, -0.2) is 62.0 Å². The van der Waals surface area contributed by atoms with E-state index in [-0.39, 0.29) is 12.1 Å². The van der Waals surface area contributed by atoms with Crippen molar-refractivity contribution in [2.75, 3.05) is 40.4 Å². The highest BCUT2D eigenvalue weighted by atomic mass is 16.5. The molecule has 2 fully saturated rings. The zero-order valence-corrected chi connectivity index (χ0v) is 13.2. The molecule has 0 aromatic heterocycles. The maximum Gasteiger partial charge on any atom is 0.0701 e. The predicted octanol–water partition coefficient (Wildman–Crippen LogP) is 1.63. The summed E-state index contributed by atoms with van der Waals surface area (Å²) in [6.07, 6.45) is 8.95. The highest BCUT2D eigenvalue weighted by Gasteiger charge is 2.40. The van der Waals surface area contributed by atoms with Crippen molar-refractivity contribution in [1.29, 1.82) is 0 Å². The van der Waals surface area contributed by atoms with Gasteiger partial charge in [0.05, 0.1) is 12.7 Å². The van der Waals surface area contributed by atoms with Gasteiger partial charge in [-0.25, -0.2) is 0 Å². The molecule has 1 saturated carbocycles. The summed E-state index contributed by atoms with van der Waals surface area (Å²) >= 11 is 0. The lowest BCUT2D eigenvalue weighted by Gasteiger charge is -2.35. The van der Waals surface area contributed by atoms with Crippen molar-refractivity contribution in [3.63, 3.8) is 0 Å². The van der Waals surface area contributed by atoms with Crippen LogP contribution in [0.25, 0.3) is 0 Å². The summed E-state index contributed by atoms with van der Waals surface area (Å²) < 4.78 is 5.81. The number of nitrogens with zero attached hydrogens (tertiary/aromatic N) is 1. The van der Waals surface area contributed by atoms with Gasteiger partial charge >= 0.3 is 0 Å². The Hall–Kier alpha value is -0.160. The smallest absolute Gasteiger partial charge is 0.0701 e. The van der Waals surface area contributed by atoms with Crippen molar-refractivity contribution >= 4 is 0 Å². The highest BCUT2D eigenvalue weighted by molar-refractivity contribution is 4.98. The molecule has 0 aromatic carbocycles. The number of nitrogens with one attached hydrogen (secondary N) is 1. The second kappa shape index (κ2) is 7.74. The maximum absolute atomic E-state index is 9.72. The molecule has 1 aliphatic heterocycles. The average Bonchev–Trinajstić information content (AvgIpc) is 2.89. The van der Waals surface area contributed by atoms with Gasteiger partial charge in [0.25, 0.3) is 0 Å². The number of hydrogen-bond donors (Lipinski definition) is 2. The summed E-state index contributed by atoms with van der Waals surface area (Å²) in [4.78, 5) is 2.41. The Kier molecular flexibility index (Phi) is 6.27. The minimum absolute atomic E-state index is 0.0256. The molecule has 2 aliphatic rings. The minimum atomic E-state index is -0.0256. The Morgan fingerprint density at radius 3 is 2.80 bits per heavy atom. The third kappa shape index (κ3) is 3.94. The van der Waals surface area contributed by atoms with Gasteiger partial charge in [-0.15, -0.1) is 0 Å². The van der Waals surface area contributed by atoms with Crippen molar-refractivity contribution in [2.45, 2.75) is 56.6 Å². The van der Waals surface area contributed by atoms with E-state index < -0.39 is 0 Å². The number of rotatable bonds is 7. The Labute approximate surface area is 123 Å². The monoisotopic (exact) mass is 284 g/mol. The third-order valence-corrected chi connectivity index (χ3v) is 5.39. The Bertz CT molecular complexity index is 276. The van der Waals surface area contributed by atoms with Crippen LogP contribution >= 0.6 is 0 Å². The molecular formula is C16H32N2O2. The fourth-order valence-electron chi connectivity index (χ4n) is 3.95. The van der Waals surface area contributed by atoms with E-state index in [4.69, 9.17) is 4.74 Å². The minimum Gasteiger partial charge on any atom is -0.394 e. The first-order valence-corrected chi connectivity index (χ1v) is 8.30. The lowest BCUT2D eigenvalue weighted by molar-refractivity contribution is -0.00283. The van der Waals surface area contributed by atoms with Crippen LogP contribution in [0.5, 0.6) is 0 Å². The van der Waals surface area contributed by atoms with E-state index >= 15 is 0 Å². The summed E-state index contributed by atoms with van der Waals surface area (Å²) in [5.41, 5.74) is -0.0256. The summed E-state index contributed by atoms with van der Waals surface area (Å²) in [5.74, 6) is 0.604. The fraction of sp³-hybridized carbons (Fsp3) is 1.00. The van der Waals surface area contributed by atoms with Gasteiger partial charge in [-0.3, -0.25) is 0 Å². The van der Waals surface area contributed by atoms with Gasteiger partial charge in [0, 0.05) is 18.7 Å². The first-order valence-electron chi connectivity index (χ1n) is 8.30. The van der Waals surface area contributed by atoms with Crippen molar-refractivity contribution in [2.24, 2.45) is 5.92 Å². The third-order valence-electron chi connectivity index (χ3n) is 5.39. The Morgan fingerprint density at radius 2 is 2.15 bits per heavy atom. The molecule has 118 valence electrons. The first kappa shape index (κ1) is 16.2. The zero-order chi connectivity index (χ0) is 14.4. The molecule has 1 saturated heterocycles. The number of aliphatic hydroxyl groups excluding tert-OH is 1. The summed E-state index contributed by atoms with van der Waals surface area (Å²) in [7, 11) is 4.20.